The Hall–Kier alpha value is -0.130. The Kier molecular flexibility index (Phi) is 3.92. The lowest BCUT2D eigenvalue weighted by Gasteiger charge is -2.18. The maximum absolute atomic E-state index is 11.6. The Bertz CT molecular complexity index is 274. The van der Waals surface area contributed by atoms with Crippen LogP contribution in [0.2, 0.25) is 0 Å². The third kappa shape index (κ3) is 2.68. The molecule has 0 aromatic heterocycles. The Morgan fingerprint density at radius 3 is 2.57 bits per heavy atom. The molecule has 0 saturated carbocycles. The quantitative estimate of drug-likeness (QED) is 0.756. The predicted octanol–water partition coefficient (Wildman–Crippen LogP) is 0.597. The second-order valence-corrected chi connectivity index (χ2v) is 6.32. The lowest BCUT2D eigenvalue weighted by Crippen LogP contribution is -2.37. The molecule has 1 fully saturated rings. The molecule has 5 heteroatoms. The first-order chi connectivity index (χ1) is 6.47. The van der Waals surface area contributed by atoms with Crippen LogP contribution in [0.15, 0.2) is 0 Å². The lowest BCUT2D eigenvalue weighted by molar-refractivity contribution is 0.181. The first-order valence-electron chi connectivity index (χ1n) is 4.97. The Labute approximate surface area is 86.1 Å². The largest absolute Gasteiger partial charge is 0.380 e. The molecule has 14 heavy (non-hydrogen) atoms. The van der Waals surface area contributed by atoms with E-state index in [0.717, 1.165) is 6.42 Å². The van der Waals surface area contributed by atoms with E-state index in [1.54, 1.807) is 0 Å². The van der Waals surface area contributed by atoms with Crippen molar-refractivity contribution in [3.05, 3.63) is 0 Å². The van der Waals surface area contributed by atoms with E-state index in [4.69, 9.17) is 4.74 Å². The molecule has 2 atom stereocenters. The Morgan fingerprint density at radius 2 is 2.07 bits per heavy atom. The van der Waals surface area contributed by atoms with Gasteiger partial charge in [-0.25, -0.2) is 13.1 Å². The van der Waals surface area contributed by atoms with Gasteiger partial charge in [0.2, 0.25) is 10.0 Å². The molecule has 1 aliphatic heterocycles. The highest BCUT2D eigenvalue weighted by molar-refractivity contribution is 7.90. The number of hydrogen-bond donors (Lipinski definition) is 1. The summed E-state index contributed by atoms with van der Waals surface area (Å²) >= 11 is 0. The minimum absolute atomic E-state index is 0.146. The van der Waals surface area contributed by atoms with Crippen LogP contribution in [0.5, 0.6) is 0 Å². The summed E-state index contributed by atoms with van der Waals surface area (Å²) in [6.45, 7) is 5.10. The molecule has 0 bridgehead atoms. The summed E-state index contributed by atoms with van der Waals surface area (Å²) in [5.41, 5.74) is 0. The maximum Gasteiger partial charge on any atom is 0.216 e. The average Bonchev–Trinajstić information content (AvgIpc) is 2.52. The van der Waals surface area contributed by atoms with Gasteiger partial charge in [-0.3, -0.25) is 0 Å². The fraction of sp³-hybridized carbons (Fsp3) is 1.00. The summed E-state index contributed by atoms with van der Waals surface area (Å²) < 4.78 is 30.8. The summed E-state index contributed by atoms with van der Waals surface area (Å²) in [6.07, 6.45) is 0.908. The molecule has 0 aromatic rings. The van der Waals surface area contributed by atoms with Crippen molar-refractivity contribution in [3.8, 4) is 0 Å². The van der Waals surface area contributed by atoms with Gasteiger partial charge < -0.3 is 4.74 Å². The summed E-state index contributed by atoms with van der Waals surface area (Å²) in [6, 6.07) is 0. The molecule has 0 aromatic carbocycles. The number of ether oxygens (including phenoxy) is 1. The molecule has 0 aliphatic carbocycles. The van der Waals surface area contributed by atoms with Crippen LogP contribution in [0.25, 0.3) is 0 Å². The SMILES string of the molecule is CNS(=O)(=O)C1COCC1CC(C)C. The Balaban J connectivity index is 2.69. The number of rotatable bonds is 4. The highest BCUT2D eigenvalue weighted by atomic mass is 32.2. The minimum atomic E-state index is -3.17. The molecule has 0 spiro atoms. The molecule has 0 amide bonds. The van der Waals surface area contributed by atoms with E-state index < -0.39 is 10.0 Å². The number of sulfonamides is 1. The lowest BCUT2D eigenvalue weighted by atomic mass is 9.96. The molecule has 1 rings (SSSR count). The van der Waals surface area contributed by atoms with Crippen LogP contribution < -0.4 is 4.72 Å². The van der Waals surface area contributed by atoms with Crippen molar-refractivity contribution in [1.29, 1.82) is 0 Å². The van der Waals surface area contributed by atoms with Gasteiger partial charge in [0.1, 0.15) is 5.25 Å². The number of hydrogen-bond acceptors (Lipinski definition) is 3. The van der Waals surface area contributed by atoms with Crippen LogP contribution in [-0.4, -0.2) is 33.9 Å². The zero-order valence-electron chi connectivity index (χ0n) is 8.99. The van der Waals surface area contributed by atoms with E-state index in [1.165, 1.54) is 7.05 Å². The molecular weight excluding hydrogens is 202 g/mol. The second kappa shape index (κ2) is 4.59. The van der Waals surface area contributed by atoms with Gasteiger partial charge in [0, 0.05) is 5.92 Å². The molecule has 1 N–H and O–H groups in total. The second-order valence-electron chi connectivity index (χ2n) is 4.21. The fourth-order valence-corrected chi connectivity index (χ4v) is 3.17. The average molecular weight is 221 g/mol. The van der Waals surface area contributed by atoms with Gasteiger partial charge in [-0.2, -0.15) is 0 Å². The molecule has 0 radical (unpaired) electrons. The third-order valence-corrected chi connectivity index (χ3v) is 4.48. The zero-order valence-corrected chi connectivity index (χ0v) is 9.80. The standard InChI is InChI=1S/C9H19NO3S/c1-7(2)4-8-5-13-6-9(8)14(11,12)10-3/h7-10H,4-6H2,1-3H3. The van der Waals surface area contributed by atoms with Crippen molar-refractivity contribution in [2.45, 2.75) is 25.5 Å². The van der Waals surface area contributed by atoms with Gasteiger partial charge in [-0.05, 0) is 19.4 Å². The monoisotopic (exact) mass is 221 g/mol. The molecular formula is C9H19NO3S. The van der Waals surface area contributed by atoms with Crippen LogP contribution >= 0.6 is 0 Å². The minimum Gasteiger partial charge on any atom is -0.380 e. The molecule has 2 unspecified atom stereocenters. The van der Waals surface area contributed by atoms with Crippen molar-refractivity contribution < 1.29 is 13.2 Å². The van der Waals surface area contributed by atoms with Crippen LogP contribution in [0.3, 0.4) is 0 Å². The van der Waals surface area contributed by atoms with Crippen molar-refractivity contribution >= 4 is 10.0 Å². The van der Waals surface area contributed by atoms with E-state index in [2.05, 4.69) is 18.6 Å². The normalized spacial score (nSPS) is 28.6. The highest BCUT2D eigenvalue weighted by Gasteiger charge is 2.37. The van der Waals surface area contributed by atoms with Gasteiger partial charge in [0.15, 0.2) is 0 Å². The van der Waals surface area contributed by atoms with Crippen LogP contribution in [0.4, 0.5) is 0 Å². The van der Waals surface area contributed by atoms with Crippen molar-refractivity contribution in [3.63, 3.8) is 0 Å². The van der Waals surface area contributed by atoms with Gasteiger partial charge in [0.25, 0.3) is 0 Å². The van der Waals surface area contributed by atoms with Crippen molar-refractivity contribution in [2.75, 3.05) is 20.3 Å². The summed E-state index contributed by atoms with van der Waals surface area (Å²) in [4.78, 5) is 0. The van der Waals surface area contributed by atoms with Gasteiger partial charge in [-0.1, -0.05) is 13.8 Å². The van der Waals surface area contributed by atoms with E-state index in [-0.39, 0.29) is 11.2 Å². The summed E-state index contributed by atoms with van der Waals surface area (Å²) in [5, 5.41) is -0.366. The van der Waals surface area contributed by atoms with Crippen molar-refractivity contribution in [2.24, 2.45) is 11.8 Å². The van der Waals surface area contributed by atoms with Crippen molar-refractivity contribution in [1.82, 2.24) is 4.72 Å². The summed E-state index contributed by atoms with van der Waals surface area (Å²) in [5.74, 6) is 0.656. The Morgan fingerprint density at radius 1 is 1.43 bits per heavy atom. The van der Waals surface area contributed by atoms with Crippen LogP contribution in [-0.2, 0) is 14.8 Å². The maximum atomic E-state index is 11.6. The van der Waals surface area contributed by atoms with E-state index in [0.29, 0.717) is 19.1 Å². The van der Waals surface area contributed by atoms with E-state index in [1.807, 2.05) is 0 Å². The number of nitrogens with one attached hydrogen (secondary N) is 1. The molecule has 4 nitrogen and oxygen atoms in total. The van der Waals surface area contributed by atoms with Gasteiger partial charge in [-0.15, -0.1) is 0 Å². The van der Waals surface area contributed by atoms with Gasteiger partial charge >= 0.3 is 0 Å². The molecule has 84 valence electrons. The molecule has 1 saturated heterocycles. The fourth-order valence-electron chi connectivity index (χ4n) is 1.90. The van der Waals surface area contributed by atoms with Crippen LogP contribution in [0, 0.1) is 11.8 Å². The first-order valence-corrected chi connectivity index (χ1v) is 6.52. The summed E-state index contributed by atoms with van der Waals surface area (Å²) in [7, 11) is -1.71. The topological polar surface area (TPSA) is 55.4 Å². The third-order valence-electron chi connectivity index (χ3n) is 2.60. The zero-order chi connectivity index (χ0) is 10.8. The van der Waals surface area contributed by atoms with Gasteiger partial charge in [0.05, 0.1) is 13.2 Å². The first kappa shape index (κ1) is 11.9. The smallest absolute Gasteiger partial charge is 0.216 e. The van der Waals surface area contributed by atoms with E-state index in [9.17, 15) is 8.42 Å². The highest BCUT2D eigenvalue weighted by Crippen LogP contribution is 2.26. The molecule has 1 heterocycles. The van der Waals surface area contributed by atoms with E-state index >= 15 is 0 Å². The molecule has 1 aliphatic rings. The predicted molar refractivity (Wildman–Crippen MR) is 55.5 cm³/mol. The van der Waals surface area contributed by atoms with Crippen LogP contribution in [0.1, 0.15) is 20.3 Å².